The van der Waals surface area contributed by atoms with Gasteiger partial charge in [-0.15, -0.1) is 0 Å². The molecule has 1 aromatic carbocycles. The van der Waals surface area contributed by atoms with Gasteiger partial charge in [-0.05, 0) is 25.5 Å². The van der Waals surface area contributed by atoms with Crippen molar-refractivity contribution in [2.75, 3.05) is 0 Å². The van der Waals surface area contributed by atoms with E-state index < -0.39 is 5.97 Å². The maximum atomic E-state index is 10.4. The van der Waals surface area contributed by atoms with Crippen LogP contribution < -0.4 is 4.74 Å². The van der Waals surface area contributed by atoms with Crippen molar-refractivity contribution in [2.24, 2.45) is 0 Å². The average molecular weight is 220 g/mol. The quantitative estimate of drug-likeness (QED) is 0.776. The van der Waals surface area contributed by atoms with Crippen LogP contribution in [0.5, 0.6) is 5.75 Å². The molecule has 0 aliphatic rings. The van der Waals surface area contributed by atoms with Crippen LogP contribution in [-0.4, -0.2) is 17.2 Å². The molecule has 0 aliphatic carbocycles. The smallest absolute Gasteiger partial charge is 0.328 e. The van der Waals surface area contributed by atoms with Gasteiger partial charge in [0.1, 0.15) is 5.75 Å². The first-order valence-electron chi connectivity index (χ1n) is 5.30. The van der Waals surface area contributed by atoms with Crippen LogP contribution in [0.2, 0.25) is 0 Å². The summed E-state index contributed by atoms with van der Waals surface area (Å²) < 4.78 is 5.68. The molecular weight excluding hydrogens is 204 g/mol. The Morgan fingerprint density at radius 3 is 2.81 bits per heavy atom. The lowest BCUT2D eigenvalue weighted by molar-refractivity contribution is -0.131. The fourth-order valence-electron chi connectivity index (χ4n) is 1.19. The third kappa shape index (κ3) is 3.77. The monoisotopic (exact) mass is 220 g/mol. The summed E-state index contributed by atoms with van der Waals surface area (Å²) in [6, 6.07) is 7.39. The van der Waals surface area contributed by atoms with Gasteiger partial charge in [-0.3, -0.25) is 0 Å². The first-order valence-corrected chi connectivity index (χ1v) is 5.30. The number of hydrogen-bond donors (Lipinski definition) is 1. The lowest BCUT2D eigenvalue weighted by atomic mass is 10.2. The van der Waals surface area contributed by atoms with E-state index in [4.69, 9.17) is 9.84 Å². The molecule has 0 spiro atoms. The Kier molecular flexibility index (Phi) is 4.58. The number of aliphatic carboxylic acids is 1. The zero-order valence-corrected chi connectivity index (χ0v) is 9.51. The van der Waals surface area contributed by atoms with E-state index in [1.807, 2.05) is 38.1 Å². The van der Waals surface area contributed by atoms with Gasteiger partial charge in [-0.25, -0.2) is 4.79 Å². The van der Waals surface area contributed by atoms with E-state index in [9.17, 15) is 4.79 Å². The fourth-order valence-corrected chi connectivity index (χ4v) is 1.19. The topological polar surface area (TPSA) is 46.5 Å². The number of rotatable bonds is 5. The van der Waals surface area contributed by atoms with E-state index >= 15 is 0 Å². The molecule has 3 heteroatoms. The van der Waals surface area contributed by atoms with Crippen molar-refractivity contribution in [2.45, 2.75) is 26.4 Å². The van der Waals surface area contributed by atoms with Crippen molar-refractivity contribution in [3.63, 3.8) is 0 Å². The molecule has 16 heavy (non-hydrogen) atoms. The predicted octanol–water partition coefficient (Wildman–Crippen LogP) is 2.96. The molecule has 1 aromatic rings. The van der Waals surface area contributed by atoms with Gasteiger partial charge in [0.25, 0.3) is 0 Å². The molecule has 1 atom stereocenters. The minimum absolute atomic E-state index is 0.124. The minimum Gasteiger partial charge on any atom is -0.490 e. The second kappa shape index (κ2) is 5.95. The molecule has 0 heterocycles. The van der Waals surface area contributed by atoms with Crippen molar-refractivity contribution >= 4 is 12.0 Å². The number of para-hydroxylation sites is 1. The molecule has 0 saturated heterocycles. The lowest BCUT2D eigenvalue weighted by Gasteiger charge is -2.14. The number of hydrogen-bond acceptors (Lipinski definition) is 2. The summed E-state index contributed by atoms with van der Waals surface area (Å²) in [6.45, 7) is 4.03. The SMILES string of the molecule is CC[C@@H](C)Oc1ccccc1/C=C/C(=O)O. The molecule has 3 nitrogen and oxygen atoms in total. The molecular formula is C13H16O3. The molecule has 0 unspecified atom stereocenters. The number of carboxylic acid groups (broad SMARTS) is 1. The Morgan fingerprint density at radius 2 is 2.19 bits per heavy atom. The van der Waals surface area contributed by atoms with Crippen LogP contribution in [0.1, 0.15) is 25.8 Å². The molecule has 0 aliphatic heterocycles. The lowest BCUT2D eigenvalue weighted by Crippen LogP contribution is -2.10. The molecule has 0 amide bonds. The molecule has 0 radical (unpaired) electrons. The highest BCUT2D eigenvalue weighted by Crippen LogP contribution is 2.21. The molecule has 1 N–H and O–H groups in total. The zero-order chi connectivity index (χ0) is 12.0. The summed E-state index contributed by atoms with van der Waals surface area (Å²) in [6.07, 6.45) is 3.69. The molecule has 1 rings (SSSR count). The maximum absolute atomic E-state index is 10.4. The number of carbonyl (C=O) groups is 1. The number of carboxylic acids is 1. The second-order valence-electron chi connectivity index (χ2n) is 3.55. The standard InChI is InChI=1S/C13H16O3/c1-3-10(2)16-12-7-5-4-6-11(12)8-9-13(14)15/h4-10H,3H2,1-2H3,(H,14,15)/b9-8+/t10-/m1/s1. The van der Waals surface area contributed by atoms with Crippen molar-refractivity contribution in [1.29, 1.82) is 0 Å². The number of benzene rings is 1. The first kappa shape index (κ1) is 12.3. The van der Waals surface area contributed by atoms with Crippen LogP contribution in [0.25, 0.3) is 6.08 Å². The molecule has 86 valence electrons. The van der Waals surface area contributed by atoms with Crippen LogP contribution in [-0.2, 0) is 4.79 Å². The van der Waals surface area contributed by atoms with Crippen LogP contribution in [0, 0.1) is 0 Å². The summed E-state index contributed by atoms with van der Waals surface area (Å²) >= 11 is 0. The zero-order valence-electron chi connectivity index (χ0n) is 9.51. The van der Waals surface area contributed by atoms with E-state index in [0.717, 1.165) is 18.1 Å². The Balaban J connectivity index is 2.87. The highest BCUT2D eigenvalue weighted by Gasteiger charge is 2.04. The van der Waals surface area contributed by atoms with Crippen LogP contribution in [0.3, 0.4) is 0 Å². The van der Waals surface area contributed by atoms with Gasteiger partial charge in [-0.2, -0.15) is 0 Å². The van der Waals surface area contributed by atoms with E-state index in [2.05, 4.69) is 0 Å². The third-order valence-corrected chi connectivity index (χ3v) is 2.23. The summed E-state index contributed by atoms with van der Waals surface area (Å²) in [5.74, 6) is -0.243. The molecule has 0 saturated carbocycles. The highest BCUT2D eigenvalue weighted by molar-refractivity contribution is 5.85. The fraction of sp³-hybridized carbons (Fsp3) is 0.308. The summed E-state index contributed by atoms with van der Waals surface area (Å²) in [7, 11) is 0. The third-order valence-electron chi connectivity index (χ3n) is 2.23. The molecule has 0 fully saturated rings. The minimum atomic E-state index is -0.960. The molecule has 0 aromatic heterocycles. The van der Waals surface area contributed by atoms with E-state index in [-0.39, 0.29) is 6.10 Å². The van der Waals surface area contributed by atoms with Gasteiger partial charge in [0.05, 0.1) is 6.10 Å². The average Bonchev–Trinajstić information content (AvgIpc) is 2.27. The highest BCUT2D eigenvalue weighted by atomic mass is 16.5. The largest absolute Gasteiger partial charge is 0.490 e. The van der Waals surface area contributed by atoms with Gasteiger partial charge in [-0.1, -0.05) is 25.1 Å². The number of ether oxygens (including phenoxy) is 1. The van der Waals surface area contributed by atoms with Gasteiger partial charge >= 0.3 is 5.97 Å². The second-order valence-corrected chi connectivity index (χ2v) is 3.55. The summed E-state index contributed by atoms with van der Waals surface area (Å²) in [5.41, 5.74) is 0.783. The van der Waals surface area contributed by atoms with E-state index in [0.29, 0.717) is 5.75 Å². The summed E-state index contributed by atoms with van der Waals surface area (Å²) in [5, 5.41) is 8.57. The normalized spacial score (nSPS) is 12.6. The van der Waals surface area contributed by atoms with Crippen LogP contribution >= 0.6 is 0 Å². The van der Waals surface area contributed by atoms with Crippen LogP contribution in [0.4, 0.5) is 0 Å². The van der Waals surface area contributed by atoms with Crippen molar-refractivity contribution in [1.82, 2.24) is 0 Å². The Hall–Kier alpha value is -1.77. The predicted molar refractivity (Wildman–Crippen MR) is 63.5 cm³/mol. The van der Waals surface area contributed by atoms with Crippen molar-refractivity contribution < 1.29 is 14.6 Å². The first-order chi connectivity index (χ1) is 7.63. The Labute approximate surface area is 95.4 Å². The van der Waals surface area contributed by atoms with Gasteiger partial charge in [0.2, 0.25) is 0 Å². The van der Waals surface area contributed by atoms with Crippen molar-refractivity contribution in [3.05, 3.63) is 35.9 Å². The van der Waals surface area contributed by atoms with Crippen molar-refractivity contribution in [3.8, 4) is 5.75 Å². The van der Waals surface area contributed by atoms with Gasteiger partial charge < -0.3 is 9.84 Å². The maximum Gasteiger partial charge on any atom is 0.328 e. The van der Waals surface area contributed by atoms with Gasteiger partial charge in [0.15, 0.2) is 0 Å². The van der Waals surface area contributed by atoms with E-state index in [1.165, 1.54) is 0 Å². The Morgan fingerprint density at radius 1 is 1.50 bits per heavy atom. The van der Waals surface area contributed by atoms with E-state index in [1.54, 1.807) is 6.08 Å². The van der Waals surface area contributed by atoms with Gasteiger partial charge in [0, 0.05) is 11.6 Å². The van der Waals surface area contributed by atoms with Crippen LogP contribution in [0.15, 0.2) is 30.3 Å². The molecule has 0 bridgehead atoms. The summed E-state index contributed by atoms with van der Waals surface area (Å²) in [4.78, 5) is 10.4. The Bertz CT molecular complexity index is 383.